The minimum absolute atomic E-state index is 0.327. The fraction of sp³-hybridized carbons (Fsp3) is 0.588. The summed E-state index contributed by atoms with van der Waals surface area (Å²) in [5.74, 6) is -0.887. The Balaban J connectivity index is 2.73. The standard InChI is InChI=1S/C17H28O4Si/c1-4-7-13-22(20-5-2,21-6-3)14-12-15-8-10-16(11-9-15)17(18)19/h8-11H,4-7,12-14H2,1-3H3,(H,18,19). The number of benzene rings is 1. The van der Waals surface area contributed by atoms with Gasteiger partial charge in [0.25, 0.3) is 0 Å². The van der Waals surface area contributed by atoms with Gasteiger partial charge in [-0.15, -0.1) is 0 Å². The van der Waals surface area contributed by atoms with E-state index in [0.717, 1.165) is 36.9 Å². The van der Waals surface area contributed by atoms with Crippen LogP contribution in [-0.2, 0) is 15.3 Å². The highest BCUT2D eigenvalue weighted by Gasteiger charge is 2.35. The van der Waals surface area contributed by atoms with Crippen molar-refractivity contribution in [1.29, 1.82) is 0 Å². The third-order valence-corrected chi connectivity index (χ3v) is 7.48. The number of hydrogen-bond acceptors (Lipinski definition) is 3. The molecule has 0 atom stereocenters. The van der Waals surface area contributed by atoms with Gasteiger partial charge in [-0.3, -0.25) is 0 Å². The third kappa shape index (κ3) is 5.91. The summed E-state index contributed by atoms with van der Waals surface area (Å²) < 4.78 is 12.2. The number of carboxylic acids is 1. The van der Waals surface area contributed by atoms with E-state index in [1.807, 2.05) is 26.0 Å². The Kier molecular flexibility index (Phi) is 8.38. The molecule has 22 heavy (non-hydrogen) atoms. The Hall–Kier alpha value is -1.17. The van der Waals surface area contributed by atoms with Crippen molar-refractivity contribution in [2.75, 3.05) is 13.2 Å². The molecule has 1 N–H and O–H groups in total. The molecule has 1 aromatic rings. The highest BCUT2D eigenvalue weighted by atomic mass is 28.4. The van der Waals surface area contributed by atoms with Crippen molar-refractivity contribution in [3.63, 3.8) is 0 Å². The van der Waals surface area contributed by atoms with Gasteiger partial charge in [0.15, 0.2) is 0 Å². The van der Waals surface area contributed by atoms with Crippen LogP contribution in [0, 0.1) is 0 Å². The first-order valence-corrected chi connectivity index (χ1v) is 10.4. The number of carboxylic acid groups (broad SMARTS) is 1. The van der Waals surface area contributed by atoms with Crippen LogP contribution in [0.3, 0.4) is 0 Å². The van der Waals surface area contributed by atoms with Gasteiger partial charge < -0.3 is 14.0 Å². The van der Waals surface area contributed by atoms with Crippen LogP contribution in [0.2, 0.25) is 12.1 Å². The lowest BCUT2D eigenvalue weighted by Gasteiger charge is -2.30. The van der Waals surface area contributed by atoms with Gasteiger partial charge in [0, 0.05) is 13.2 Å². The maximum Gasteiger partial charge on any atom is 0.338 e. The van der Waals surface area contributed by atoms with E-state index in [1.54, 1.807) is 12.1 Å². The lowest BCUT2D eigenvalue weighted by atomic mass is 10.1. The Bertz CT molecular complexity index is 438. The molecule has 0 aliphatic carbocycles. The smallest absolute Gasteiger partial charge is 0.338 e. The zero-order valence-electron chi connectivity index (χ0n) is 13.9. The van der Waals surface area contributed by atoms with E-state index in [4.69, 9.17) is 14.0 Å². The van der Waals surface area contributed by atoms with Crippen molar-refractivity contribution in [2.24, 2.45) is 0 Å². The van der Waals surface area contributed by atoms with Crippen LogP contribution in [0.25, 0.3) is 0 Å². The second-order valence-corrected chi connectivity index (χ2v) is 8.78. The average molecular weight is 324 g/mol. The quantitative estimate of drug-likeness (QED) is 0.618. The van der Waals surface area contributed by atoms with Crippen molar-refractivity contribution in [2.45, 2.75) is 52.1 Å². The predicted molar refractivity (Wildman–Crippen MR) is 90.6 cm³/mol. The molecule has 124 valence electrons. The number of hydrogen-bond donors (Lipinski definition) is 1. The highest BCUT2D eigenvalue weighted by molar-refractivity contribution is 6.67. The third-order valence-electron chi connectivity index (χ3n) is 3.72. The van der Waals surface area contributed by atoms with Gasteiger partial charge >= 0.3 is 14.5 Å². The minimum atomic E-state index is -2.15. The summed E-state index contributed by atoms with van der Waals surface area (Å²) in [5, 5.41) is 8.94. The summed E-state index contributed by atoms with van der Waals surface area (Å²) in [6.07, 6.45) is 3.14. The average Bonchev–Trinajstić information content (AvgIpc) is 2.52. The Morgan fingerprint density at radius 2 is 1.64 bits per heavy atom. The summed E-state index contributed by atoms with van der Waals surface area (Å²) in [6, 6.07) is 9.04. The van der Waals surface area contributed by atoms with Gasteiger partial charge in [0.1, 0.15) is 0 Å². The van der Waals surface area contributed by atoms with E-state index in [-0.39, 0.29) is 0 Å². The fourth-order valence-electron chi connectivity index (χ4n) is 2.58. The molecule has 0 amide bonds. The molecule has 0 unspecified atom stereocenters. The van der Waals surface area contributed by atoms with E-state index >= 15 is 0 Å². The normalized spacial score (nSPS) is 11.6. The summed E-state index contributed by atoms with van der Waals surface area (Å²) >= 11 is 0. The Morgan fingerprint density at radius 1 is 1.05 bits per heavy atom. The van der Waals surface area contributed by atoms with Crippen LogP contribution < -0.4 is 0 Å². The first-order valence-electron chi connectivity index (χ1n) is 8.17. The number of carbonyl (C=O) groups is 1. The van der Waals surface area contributed by atoms with Crippen LogP contribution >= 0.6 is 0 Å². The molecule has 1 aromatic carbocycles. The van der Waals surface area contributed by atoms with Crippen LogP contribution in [-0.4, -0.2) is 32.9 Å². The molecule has 0 aliphatic heterocycles. The molecular formula is C17H28O4Si. The zero-order chi connectivity index (χ0) is 16.4. The maximum atomic E-state index is 10.9. The Morgan fingerprint density at radius 3 is 2.09 bits per heavy atom. The fourth-order valence-corrected chi connectivity index (χ4v) is 6.10. The van der Waals surface area contributed by atoms with E-state index in [9.17, 15) is 4.79 Å². The van der Waals surface area contributed by atoms with Crippen molar-refractivity contribution in [3.8, 4) is 0 Å². The Labute approximate surface area is 134 Å². The first kappa shape index (κ1) is 18.9. The second-order valence-electron chi connectivity index (χ2n) is 5.38. The van der Waals surface area contributed by atoms with Gasteiger partial charge in [0.05, 0.1) is 5.56 Å². The molecule has 0 spiro atoms. The van der Waals surface area contributed by atoms with Crippen molar-refractivity contribution in [3.05, 3.63) is 35.4 Å². The monoisotopic (exact) mass is 324 g/mol. The lowest BCUT2D eigenvalue weighted by Crippen LogP contribution is -2.42. The number of aromatic carboxylic acids is 1. The summed E-state index contributed by atoms with van der Waals surface area (Å²) in [4.78, 5) is 10.9. The van der Waals surface area contributed by atoms with E-state index < -0.39 is 14.5 Å². The van der Waals surface area contributed by atoms with Gasteiger partial charge in [0.2, 0.25) is 0 Å². The first-order chi connectivity index (χ1) is 10.6. The molecule has 0 heterocycles. The SMILES string of the molecule is CCCC[Si](CCc1ccc(C(=O)O)cc1)(OCC)OCC. The van der Waals surface area contributed by atoms with Crippen molar-refractivity contribution < 1.29 is 18.8 Å². The molecule has 0 fully saturated rings. The van der Waals surface area contributed by atoms with Crippen LogP contribution in [0.4, 0.5) is 0 Å². The van der Waals surface area contributed by atoms with Crippen LogP contribution in [0.15, 0.2) is 24.3 Å². The highest BCUT2D eigenvalue weighted by Crippen LogP contribution is 2.24. The van der Waals surface area contributed by atoms with E-state index in [1.165, 1.54) is 0 Å². The number of rotatable bonds is 11. The number of aryl methyl sites for hydroxylation is 1. The number of unbranched alkanes of at least 4 members (excludes halogenated alkanes) is 1. The van der Waals surface area contributed by atoms with Crippen molar-refractivity contribution >= 4 is 14.5 Å². The lowest BCUT2D eigenvalue weighted by molar-refractivity contribution is 0.0697. The molecule has 5 heteroatoms. The van der Waals surface area contributed by atoms with Gasteiger partial charge in [-0.05, 0) is 50.1 Å². The van der Waals surface area contributed by atoms with Gasteiger partial charge in [-0.25, -0.2) is 4.79 Å². The second kappa shape index (κ2) is 9.76. The largest absolute Gasteiger partial charge is 0.478 e. The van der Waals surface area contributed by atoms with Crippen LogP contribution in [0.1, 0.15) is 49.5 Å². The molecule has 4 nitrogen and oxygen atoms in total. The van der Waals surface area contributed by atoms with E-state index in [2.05, 4.69) is 6.92 Å². The maximum absolute atomic E-state index is 10.9. The van der Waals surface area contributed by atoms with Crippen molar-refractivity contribution in [1.82, 2.24) is 0 Å². The molecule has 0 aromatic heterocycles. The topological polar surface area (TPSA) is 55.8 Å². The molecule has 0 aliphatic rings. The van der Waals surface area contributed by atoms with Gasteiger partial charge in [-0.1, -0.05) is 31.9 Å². The molecule has 0 saturated heterocycles. The minimum Gasteiger partial charge on any atom is -0.478 e. The van der Waals surface area contributed by atoms with Gasteiger partial charge in [-0.2, -0.15) is 0 Å². The summed E-state index contributed by atoms with van der Waals surface area (Å²) in [5.41, 5.74) is 1.46. The summed E-state index contributed by atoms with van der Waals surface area (Å²) in [7, 11) is -2.15. The molecule has 0 saturated carbocycles. The zero-order valence-corrected chi connectivity index (χ0v) is 14.9. The molecule has 1 rings (SSSR count). The predicted octanol–water partition coefficient (Wildman–Crippen LogP) is 4.24. The van der Waals surface area contributed by atoms with E-state index in [0.29, 0.717) is 18.8 Å². The molecule has 0 radical (unpaired) electrons. The van der Waals surface area contributed by atoms with Crippen LogP contribution in [0.5, 0.6) is 0 Å². The molecule has 0 bridgehead atoms. The molecular weight excluding hydrogens is 296 g/mol. The summed E-state index contributed by atoms with van der Waals surface area (Å²) in [6.45, 7) is 7.60.